The molecule has 28 heavy (non-hydrogen) atoms. The van der Waals surface area contributed by atoms with Gasteiger partial charge in [0.1, 0.15) is 5.82 Å². The maximum Gasteiger partial charge on any atom is 0.169 e. The van der Waals surface area contributed by atoms with Crippen molar-refractivity contribution in [3.05, 3.63) is 29.6 Å². The summed E-state index contributed by atoms with van der Waals surface area (Å²) >= 11 is 5.52. The van der Waals surface area contributed by atoms with Gasteiger partial charge in [0.25, 0.3) is 0 Å². The first-order valence-corrected chi connectivity index (χ1v) is 10.3. The van der Waals surface area contributed by atoms with Crippen molar-refractivity contribution in [3.8, 4) is 0 Å². The first-order chi connectivity index (χ1) is 13.5. The zero-order chi connectivity index (χ0) is 19.9. The summed E-state index contributed by atoms with van der Waals surface area (Å²) in [4.78, 5) is 18.0. The molecule has 0 atom stereocenters. The first kappa shape index (κ1) is 21.0. The summed E-state index contributed by atoms with van der Waals surface area (Å²) in [5.41, 5.74) is 0.955. The van der Waals surface area contributed by atoms with Gasteiger partial charge in [0.2, 0.25) is 0 Å². The van der Waals surface area contributed by atoms with Gasteiger partial charge in [-0.15, -0.1) is 0 Å². The Kier molecular flexibility index (Phi) is 7.58. The largest absolute Gasteiger partial charge is 0.379 e. The number of hydrogen-bond acceptors (Lipinski definition) is 5. The average molecular weight is 409 g/mol. The maximum atomic E-state index is 14.4. The summed E-state index contributed by atoms with van der Waals surface area (Å²) in [6.07, 6.45) is 1.05. The molecule has 0 saturated carbocycles. The Balaban J connectivity index is 1.39. The fraction of sp³-hybridized carbons (Fsp3) is 0.600. The second-order valence-corrected chi connectivity index (χ2v) is 7.62. The molecule has 1 N–H and O–H groups in total. The molecular weight excluding hydrogens is 379 g/mol. The highest BCUT2D eigenvalue weighted by Gasteiger charge is 2.21. The molecule has 1 aromatic carbocycles. The molecule has 0 spiro atoms. The third-order valence-corrected chi connectivity index (χ3v) is 5.70. The highest BCUT2D eigenvalue weighted by molar-refractivity contribution is 7.80. The van der Waals surface area contributed by atoms with Crippen LogP contribution in [0.5, 0.6) is 0 Å². The normalized spacial score (nSPS) is 18.2. The Hall–Kier alpha value is -1.77. The van der Waals surface area contributed by atoms with Crippen LogP contribution in [0.3, 0.4) is 0 Å². The van der Waals surface area contributed by atoms with Gasteiger partial charge in [-0.25, -0.2) is 4.39 Å². The third-order valence-electron chi connectivity index (χ3n) is 5.29. The van der Waals surface area contributed by atoms with Crippen LogP contribution in [0.2, 0.25) is 0 Å². The van der Waals surface area contributed by atoms with Crippen LogP contribution in [-0.4, -0.2) is 86.3 Å². The lowest BCUT2D eigenvalue weighted by Gasteiger charge is -2.37. The van der Waals surface area contributed by atoms with E-state index in [0.717, 1.165) is 64.0 Å². The summed E-state index contributed by atoms with van der Waals surface area (Å²) in [5.74, 6) is -0.467. The van der Waals surface area contributed by atoms with Gasteiger partial charge in [-0.05, 0) is 50.3 Å². The van der Waals surface area contributed by atoms with E-state index in [2.05, 4.69) is 15.1 Å². The molecule has 2 fully saturated rings. The SMILES string of the molecule is CC(=O)c1ccc(N2CCN(C(=S)NCCCN3CCOCC3)CC2)c(F)c1. The van der Waals surface area contributed by atoms with Crippen LogP contribution in [0.25, 0.3) is 0 Å². The number of piperazine rings is 1. The van der Waals surface area contributed by atoms with E-state index in [0.29, 0.717) is 24.3 Å². The Morgan fingerprint density at radius 3 is 2.54 bits per heavy atom. The van der Waals surface area contributed by atoms with E-state index >= 15 is 0 Å². The molecule has 6 nitrogen and oxygen atoms in total. The second kappa shape index (κ2) is 10.1. The molecule has 0 amide bonds. The van der Waals surface area contributed by atoms with E-state index in [9.17, 15) is 9.18 Å². The number of ketones is 1. The van der Waals surface area contributed by atoms with Crippen molar-refractivity contribution >= 4 is 28.8 Å². The molecule has 2 heterocycles. The average Bonchev–Trinajstić information content (AvgIpc) is 2.72. The zero-order valence-corrected chi connectivity index (χ0v) is 17.3. The molecule has 0 unspecified atom stereocenters. The minimum atomic E-state index is -0.343. The molecule has 8 heteroatoms. The van der Waals surface area contributed by atoms with Crippen molar-refractivity contribution < 1.29 is 13.9 Å². The summed E-state index contributed by atoms with van der Waals surface area (Å²) in [6, 6.07) is 4.71. The monoisotopic (exact) mass is 408 g/mol. The van der Waals surface area contributed by atoms with Crippen molar-refractivity contribution in [2.24, 2.45) is 0 Å². The Bertz CT molecular complexity index is 689. The molecule has 0 aliphatic carbocycles. The lowest BCUT2D eigenvalue weighted by molar-refractivity contribution is 0.0376. The van der Waals surface area contributed by atoms with Gasteiger partial charge in [0.05, 0.1) is 18.9 Å². The van der Waals surface area contributed by atoms with E-state index in [4.69, 9.17) is 17.0 Å². The number of anilines is 1. The van der Waals surface area contributed by atoms with Crippen LogP contribution in [0.4, 0.5) is 10.1 Å². The van der Waals surface area contributed by atoms with Crippen LogP contribution < -0.4 is 10.2 Å². The van der Waals surface area contributed by atoms with Gasteiger partial charge in [-0.3, -0.25) is 9.69 Å². The lowest BCUT2D eigenvalue weighted by Crippen LogP contribution is -2.52. The highest BCUT2D eigenvalue weighted by Crippen LogP contribution is 2.22. The Morgan fingerprint density at radius 1 is 1.18 bits per heavy atom. The van der Waals surface area contributed by atoms with Crippen molar-refractivity contribution in [2.45, 2.75) is 13.3 Å². The van der Waals surface area contributed by atoms with E-state index < -0.39 is 0 Å². The number of Topliss-reactive ketones (excluding diaryl/α,β-unsaturated/α-hetero) is 1. The number of halogens is 1. The zero-order valence-electron chi connectivity index (χ0n) is 16.5. The third kappa shape index (κ3) is 5.62. The quantitative estimate of drug-likeness (QED) is 0.437. The van der Waals surface area contributed by atoms with Crippen LogP contribution in [-0.2, 0) is 4.74 Å². The standard InChI is InChI=1S/C20H29FN4O2S/c1-16(26)17-3-4-19(18(21)15-17)24-7-9-25(10-8-24)20(28)22-5-2-6-23-11-13-27-14-12-23/h3-4,15H,2,5-14H2,1H3,(H,22,28). The fourth-order valence-corrected chi connectivity index (χ4v) is 3.85. The molecule has 1 aromatic rings. The van der Waals surface area contributed by atoms with Gasteiger partial charge in [0.15, 0.2) is 10.9 Å². The predicted molar refractivity (Wildman–Crippen MR) is 113 cm³/mol. The van der Waals surface area contributed by atoms with Gasteiger partial charge >= 0.3 is 0 Å². The van der Waals surface area contributed by atoms with Crippen LogP contribution in [0.15, 0.2) is 18.2 Å². The number of benzene rings is 1. The topological polar surface area (TPSA) is 48.1 Å². The maximum absolute atomic E-state index is 14.4. The number of thiocarbonyl (C=S) groups is 1. The van der Waals surface area contributed by atoms with Crippen molar-refractivity contribution in [1.29, 1.82) is 0 Å². The summed E-state index contributed by atoms with van der Waals surface area (Å²) in [5, 5.41) is 4.12. The Labute approximate surface area is 171 Å². The fourth-order valence-electron chi connectivity index (χ4n) is 3.57. The van der Waals surface area contributed by atoms with Crippen molar-refractivity contribution in [3.63, 3.8) is 0 Å². The molecule has 0 bridgehead atoms. The molecule has 0 aromatic heterocycles. The predicted octanol–water partition coefficient (Wildman–Crippen LogP) is 1.75. The summed E-state index contributed by atoms with van der Waals surface area (Å²) in [6.45, 7) is 9.95. The van der Waals surface area contributed by atoms with Crippen molar-refractivity contribution in [1.82, 2.24) is 15.1 Å². The molecule has 3 rings (SSSR count). The number of nitrogens with one attached hydrogen (secondary N) is 1. The first-order valence-electron chi connectivity index (χ1n) is 9.93. The van der Waals surface area contributed by atoms with E-state index in [-0.39, 0.29) is 11.6 Å². The highest BCUT2D eigenvalue weighted by atomic mass is 32.1. The van der Waals surface area contributed by atoms with Gasteiger partial charge in [0, 0.05) is 51.4 Å². The number of morpholine rings is 1. The summed E-state index contributed by atoms with van der Waals surface area (Å²) in [7, 11) is 0. The van der Waals surface area contributed by atoms with Crippen molar-refractivity contribution in [2.75, 3.05) is 70.5 Å². The minimum absolute atomic E-state index is 0.125. The number of carbonyl (C=O) groups is 1. The molecular formula is C20H29FN4O2S. The van der Waals surface area contributed by atoms with Gasteiger partial charge in [-0.2, -0.15) is 0 Å². The van der Waals surface area contributed by atoms with Crippen LogP contribution >= 0.6 is 12.2 Å². The minimum Gasteiger partial charge on any atom is -0.379 e. The van der Waals surface area contributed by atoms with Crippen LogP contribution in [0.1, 0.15) is 23.7 Å². The van der Waals surface area contributed by atoms with Gasteiger partial charge < -0.3 is 19.9 Å². The van der Waals surface area contributed by atoms with E-state index in [1.54, 1.807) is 12.1 Å². The molecule has 2 aliphatic heterocycles. The lowest BCUT2D eigenvalue weighted by atomic mass is 10.1. The Morgan fingerprint density at radius 2 is 1.89 bits per heavy atom. The number of rotatable bonds is 6. The van der Waals surface area contributed by atoms with E-state index in [1.807, 2.05) is 4.90 Å². The van der Waals surface area contributed by atoms with Crippen LogP contribution in [0, 0.1) is 5.82 Å². The number of hydrogen-bond donors (Lipinski definition) is 1. The molecule has 2 saturated heterocycles. The number of nitrogens with zero attached hydrogens (tertiary/aromatic N) is 3. The van der Waals surface area contributed by atoms with E-state index in [1.165, 1.54) is 13.0 Å². The molecule has 0 radical (unpaired) electrons. The number of ether oxygens (including phenoxy) is 1. The summed E-state index contributed by atoms with van der Waals surface area (Å²) < 4.78 is 19.7. The number of carbonyl (C=O) groups excluding carboxylic acids is 1. The molecule has 154 valence electrons. The van der Waals surface area contributed by atoms with Gasteiger partial charge in [-0.1, -0.05) is 0 Å². The second-order valence-electron chi connectivity index (χ2n) is 7.24. The smallest absolute Gasteiger partial charge is 0.169 e. The molecule has 2 aliphatic rings.